The number of fused-ring (bicyclic) bond motifs is 1. The summed E-state index contributed by atoms with van der Waals surface area (Å²) in [5, 5.41) is 5.38. The van der Waals surface area contributed by atoms with Gasteiger partial charge in [-0.25, -0.2) is 0 Å². The van der Waals surface area contributed by atoms with Crippen molar-refractivity contribution in [2.45, 2.75) is 39.0 Å². The lowest BCUT2D eigenvalue weighted by atomic mass is 9.78. The first-order valence-electron chi connectivity index (χ1n) is 6.99. The molecule has 0 bridgehead atoms. The van der Waals surface area contributed by atoms with Gasteiger partial charge in [0.25, 0.3) is 0 Å². The summed E-state index contributed by atoms with van der Waals surface area (Å²) in [5.41, 5.74) is 8.55. The van der Waals surface area contributed by atoms with Crippen LogP contribution in [0.3, 0.4) is 0 Å². The smallest absolute Gasteiger partial charge is 0.0849 e. The van der Waals surface area contributed by atoms with E-state index in [-0.39, 0.29) is 5.41 Å². The average molecular weight is 268 g/mol. The molecule has 18 heavy (non-hydrogen) atoms. The van der Waals surface area contributed by atoms with Crippen LogP contribution in [0.25, 0.3) is 0 Å². The molecule has 0 spiro atoms. The Balaban J connectivity index is 1.85. The van der Waals surface area contributed by atoms with Gasteiger partial charge in [0.1, 0.15) is 0 Å². The van der Waals surface area contributed by atoms with E-state index in [9.17, 15) is 0 Å². The molecule has 0 aromatic carbocycles. The summed E-state index contributed by atoms with van der Waals surface area (Å²) in [7, 11) is 2.00. The topological polar surface area (TPSA) is 43.8 Å². The number of hydrogen-bond acceptors (Lipinski definition) is 2. The zero-order valence-electron chi connectivity index (χ0n) is 11.2. The second-order valence-electron chi connectivity index (χ2n) is 6.23. The molecule has 100 valence electrons. The molecule has 1 aromatic rings. The molecule has 2 aliphatic carbocycles. The summed E-state index contributed by atoms with van der Waals surface area (Å²) in [4.78, 5) is 0. The third kappa shape index (κ3) is 1.88. The van der Waals surface area contributed by atoms with Gasteiger partial charge in [-0.3, -0.25) is 4.68 Å². The molecule has 0 aliphatic heterocycles. The highest BCUT2D eigenvalue weighted by Crippen LogP contribution is 2.60. The number of nitrogens with zero attached hydrogens (tertiary/aromatic N) is 2. The van der Waals surface area contributed by atoms with E-state index in [0.717, 1.165) is 41.9 Å². The molecule has 2 fully saturated rings. The zero-order valence-corrected chi connectivity index (χ0v) is 12.0. The number of rotatable bonds is 4. The summed E-state index contributed by atoms with van der Waals surface area (Å²) in [6, 6.07) is 0. The summed E-state index contributed by atoms with van der Waals surface area (Å²) >= 11 is 6.45. The Hall–Kier alpha value is -0.540. The summed E-state index contributed by atoms with van der Waals surface area (Å²) in [6.07, 6.45) is 5.90. The van der Waals surface area contributed by atoms with Crippen molar-refractivity contribution in [1.29, 1.82) is 0 Å². The molecule has 0 radical (unpaired) electrons. The maximum atomic E-state index is 6.45. The van der Waals surface area contributed by atoms with Gasteiger partial charge in [0.15, 0.2) is 0 Å². The fourth-order valence-electron chi connectivity index (χ4n) is 3.76. The first kappa shape index (κ1) is 12.5. The third-order valence-corrected chi connectivity index (χ3v) is 5.37. The number of nitrogens with two attached hydrogens (primary N) is 1. The summed E-state index contributed by atoms with van der Waals surface area (Å²) < 4.78 is 1.96. The van der Waals surface area contributed by atoms with E-state index in [1.54, 1.807) is 0 Å². The van der Waals surface area contributed by atoms with Crippen LogP contribution in [-0.4, -0.2) is 16.3 Å². The minimum Gasteiger partial charge on any atom is -0.330 e. The number of aryl methyl sites for hydroxylation is 2. The quantitative estimate of drug-likeness (QED) is 0.911. The molecule has 2 N–H and O–H groups in total. The largest absolute Gasteiger partial charge is 0.330 e. The molecule has 2 atom stereocenters. The van der Waals surface area contributed by atoms with E-state index in [1.165, 1.54) is 25.0 Å². The fourth-order valence-corrected chi connectivity index (χ4v) is 4.12. The van der Waals surface area contributed by atoms with Gasteiger partial charge in [0, 0.05) is 7.05 Å². The van der Waals surface area contributed by atoms with Crippen molar-refractivity contribution in [2.75, 3.05) is 6.54 Å². The number of hydrogen-bond donors (Lipinski definition) is 1. The van der Waals surface area contributed by atoms with Crippen LogP contribution in [0.2, 0.25) is 5.02 Å². The Morgan fingerprint density at radius 3 is 2.61 bits per heavy atom. The molecule has 1 heterocycles. The second-order valence-corrected chi connectivity index (χ2v) is 6.61. The van der Waals surface area contributed by atoms with Crippen molar-refractivity contribution in [3.05, 3.63) is 16.4 Å². The molecule has 4 heteroatoms. The van der Waals surface area contributed by atoms with E-state index in [1.807, 2.05) is 11.7 Å². The standard InChI is InChI=1S/C14H22ClN3/c1-3-11-13(15)12(18(2)17-11)7-14(8-16)5-9-4-10(9)6-14/h9-10H,3-8,16H2,1-2H3. The van der Waals surface area contributed by atoms with Crippen molar-refractivity contribution in [2.24, 2.45) is 30.0 Å². The minimum atomic E-state index is 0.288. The van der Waals surface area contributed by atoms with E-state index in [4.69, 9.17) is 17.3 Å². The van der Waals surface area contributed by atoms with Crippen LogP contribution in [0.15, 0.2) is 0 Å². The molecule has 3 nitrogen and oxygen atoms in total. The fraction of sp³-hybridized carbons (Fsp3) is 0.786. The lowest BCUT2D eigenvalue weighted by Crippen LogP contribution is -2.32. The van der Waals surface area contributed by atoms with Crippen molar-refractivity contribution >= 4 is 11.6 Å². The Labute approximate surface area is 114 Å². The van der Waals surface area contributed by atoms with Crippen LogP contribution in [0.1, 0.15) is 37.6 Å². The molecule has 3 rings (SSSR count). The highest BCUT2D eigenvalue weighted by atomic mass is 35.5. The highest BCUT2D eigenvalue weighted by molar-refractivity contribution is 6.31. The Morgan fingerprint density at radius 2 is 2.11 bits per heavy atom. The van der Waals surface area contributed by atoms with Gasteiger partial charge in [-0.15, -0.1) is 0 Å². The van der Waals surface area contributed by atoms with E-state index in [2.05, 4.69) is 12.0 Å². The lowest BCUT2D eigenvalue weighted by Gasteiger charge is -2.29. The first-order chi connectivity index (χ1) is 8.58. The SMILES string of the molecule is CCc1nn(C)c(CC2(CN)CC3CC3C2)c1Cl. The van der Waals surface area contributed by atoms with Gasteiger partial charge < -0.3 is 5.73 Å². The Kier molecular flexibility index (Phi) is 2.94. The van der Waals surface area contributed by atoms with Gasteiger partial charge in [0.2, 0.25) is 0 Å². The van der Waals surface area contributed by atoms with Gasteiger partial charge in [-0.05, 0) is 55.9 Å². The van der Waals surface area contributed by atoms with Crippen molar-refractivity contribution in [3.8, 4) is 0 Å². The van der Waals surface area contributed by atoms with E-state index >= 15 is 0 Å². The minimum absolute atomic E-state index is 0.288. The molecule has 2 aliphatic rings. The maximum Gasteiger partial charge on any atom is 0.0849 e. The molecular formula is C14H22ClN3. The normalized spacial score (nSPS) is 33.8. The molecule has 1 aromatic heterocycles. The predicted molar refractivity (Wildman–Crippen MR) is 73.6 cm³/mol. The van der Waals surface area contributed by atoms with Crippen LogP contribution in [-0.2, 0) is 19.9 Å². The molecule has 0 saturated heterocycles. The predicted octanol–water partition coefficient (Wildman–Crippen LogP) is 2.55. The highest BCUT2D eigenvalue weighted by Gasteiger charge is 2.53. The van der Waals surface area contributed by atoms with Gasteiger partial charge in [-0.2, -0.15) is 5.10 Å². The molecular weight excluding hydrogens is 246 g/mol. The van der Waals surface area contributed by atoms with Gasteiger partial charge >= 0.3 is 0 Å². The van der Waals surface area contributed by atoms with Crippen molar-refractivity contribution < 1.29 is 0 Å². The van der Waals surface area contributed by atoms with Crippen molar-refractivity contribution in [1.82, 2.24) is 9.78 Å². The lowest BCUT2D eigenvalue weighted by molar-refractivity contribution is 0.267. The number of halogens is 1. The monoisotopic (exact) mass is 267 g/mol. The third-order valence-electron chi connectivity index (χ3n) is 4.94. The van der Waals surface area contributed by atoms with Gasteiger partial charge in [-0.1, -0.05) is 18.5 Å². The maximum absolute atomic E-state index is 6.45. The van der Waals surface area contributed by atoms with Crippen LogP contribution >= 0.6 is 11.6 Å². The summed E-state index contributed by atoms with van der Waals surface area (Å²) in [6.45, 7) is 2.88. The van der Waals surface area contributed by atoms with Crippen LogP contribution < -0.4 is 5.73 Å². The van der Waals surface area contributed by atoms with Crippen LogP contribution in [0.4, 0.5) is 0 Å². The van der Waals surface area contributed by atoms with Gasteiger partial charge in [0.05, 0.1) is 16.4 Å². The number of aromatic nitrogens is 2. The van der Waals surface area contributed by atoms with Crippen molar-refractivity contribution in [3.63, 3.8) is 0 Å². The van der Waals surface area contributed by atoms with E-state index < -0.39 is 0 Å². The first-order valence-corrected chi connectivity index (χ1v) is 7.36. The van der Waals surface area contributed by atoms with Crippen LogP contribution in [0.5, 0.6) is 0 Å². The average Bonchev–Trinajstić information content (AvgIpc) is 2.90. The second kappa shape index (κ2) is 4.24. The van der Waals surface area contributed by atoms with E-state index in [0.29, 0.717) is 0 Å². The van der Waals surface area contributed by atoms with Crippen LogP contribution in [0, 0.1) is 17.3 Å². The molecule has 2 saturated carbocycles. The molecule has 0 amide bonds. The Bertz CT molecular complexity index is 456. The zero-order chi connectivity index (χ0) is 12.9. The molecule has 2 unspecified atom stereocenters. The summed E-state index contributed by atoms with van der Waals surface area (Å²) in [5.74, 6) is 1.90. The Morgan fingerprint density at radius 1 is 1.44 bits per heavy atom.